The molecule has 0 radical (unpaired) electrons. The first kappa shape index (κ1) is 41.9. The summed E-state index contributed by atoms with van der Waals surface area (Å²) in [6, 6.07) is 33.4. The van der Waals surface area contributed by atoms with Crippen molar-refractivity contribution in [2.45, 2.75) is 75.6 Å². The Bertz CT molecular complexity index is 1960. The van der Waals surface area contributed by atoms with Gasteiger partial charge in [0, 0.05) is 38.3 Å². The van der Waals surface area contributed by atoms with E-state index >= 15 is 0 Å². The Balaban J connectivity index is 1.23. The van der Waals surface area contributed by atoms with Crippen LogP contribution in [0, 0.1) is 21.4 Å². The summed E-state index contributed by atoms with van der Waals surface area (Å²) in [6.45, 7) is 6.36. The van der Waals surface area contributed by atoms with E-state index in [1.54, 1.807) is 0 Å². The van der Waals surface area contributed by atoms with Crippen LogP contribution in [0.2, 0.25) is 0 Å². The van der Waals surface area contributed by atoms with Crippen LogP contribution in [-0.4, -0.2) is 91.1 Å². The fourth-order valence-corrected chi connectivity index (χ4v) is 9.06. The van der Waals surface area contributed by atoms with Crippen LogP contribution in [0.1, 0.15) is 43.4 Å². The van der Waals surface area contributed by atoms with Gasteiger partial charge >= 0.3 is 6.09 Å². The fourth-order valence-electron chi connectivity index (χ4n) is 7.41. The number of nitro benzene ring substituents is 1. The van der Waals surface area contributed by atoms with Crippen molar-refractivity contribution in [1.29, 1.82) is 0 Å². The van der Waals surface area contributed by atoms with Crippen LogP contribution >= 0.6 is 0 Å². The highest BCUT2D eigenvalue weighted by Crippen LogP contribution is 2.33. The zero-order valence-corrected chi connectivity index (χ0v) is 33.2. The molecule has 13 nitrogen and oxygen atoms in total. The van der Waals surface area contributed by atoms with E-state index in [4.69, 9.17) is 14.2 Å². The van der Waals surface area contributed by atoms with Crippen LogP contribution in [0.15, 0.2) is 120 Å². The number of non-ortho nitro benzene ring substituents is 1. The number of aliphatic hydroxyl groups is 1. The largest absolute Gasteiger partial charge is 0.443 e. The molecule has 0 saturated carbocycles. The van der Waals surface area contributed by atoms with Crippen molar-refractivity contribution >= 4 is 21.8 Å². The average molecular weight is 801 g/mol. The Morgan fingerprint density at radius 3 is 2.07 bits per heavy atom. The Morgan fingerprint density at radius 1 is 0.912 bits per heavy atom. The lowest BCUT2D eigenvalue weighted by atomic mass is 9.88. The van der Waals surface area contributed by atoms with Gasteiger partial charge in [0.2, 0.25) is 10.0 Å². The van der Waals surface area contributed by atoms with Gasteiger partial charge in [-0.05, 0) is 60.0 Å². The van der Waals surface area contributed by atoms with Gasteiger partial charge in [-0.3, -0.25) is 15.0 Å². The van der Waals surface area contributed by atoms with Gasteiger partial charge in [0.25, 0.3) is 5.69 Å². The highest BCUT2D eigenvalue weighted by molar-refractivity contribution is 7.89. The Hall–Kier alpha value is -4.70. The van der Waals surface area contributed by atoms with Gasteiger partial charge in [-0.1, -0.05) is 105 Å². The predicted molar refractivity (Wildman–Crippen MR) is 214 cm³/mol. The standard InChI is InChI=1S/C43H52N4O9S/c1-43(2,23-24-45(27-33-14-8-4-9-15-33)28-34-16-10-5-11-17-34)31-46(57(52,53)36-20-18-35(19-21-36)47(50)51)29-39(48)38(26-32-12-6-3-7-13-32)44-42(49)56-40-30-55-41-37(40)22-25-54-41/h3-21,37-41,48H,22-31H2,1-2H3,(H,44,49)/t37-,38-,39-,40-,41+/m0/s1. The average Bonchev–Trinajstić information content (AvgIpc) is 3.83. The number of carbonyl (C=O) groups excluding carboxylic acids is 1. The van der Waals surface area contributed by atoms with Crippen molar-refractivity contribution in [3.05, 3.63) is 142 Å². The first-order chi connectivity index (χ1) is 27.4. The Labute approximate surface area is 334 Å². The van der Waals surface area contributed by atoms with Crippen LogP contribution in [0.4, 0.5) is 10.5 Å². The molecule has 1 amide bonds. The topological polar surface area (TPSA) is 161 Å². The Morgan fingerprint density at radius 2 is 1.49 bits per heavy atom. The third-order valence-electron chi connectivity index (χ3n) is 10.6. The number of nitrogens with one attached hydrogen (secondary N) is 1. The van der Waals surface area contributed by atoms with Gasteiger partial charge in [0.1, 0.15) is 6.10 Å². The second-order valence-electron chi connectivity index (χ2n) is 15.6. The van der Waals surface area contributed by atoms with Crippen molar-refractivity contribution in [2.75, 3.05) is 32.8 Å². The Kier molecular flexibility index (Phi) is 14.1. The minimum Gasteiger partial charge on any atom is -0.443 e. The highest BCUT2D eigenvalue weighted by Gasteiger charge is 2.44. The molecule has 2 aliphatic rings. The maximum Gasteiger partial charge on any atom is 0.407 e. The molecule has 2 heterocycles. The number of nitro groups is 1. The minimum atomic E-state index is -4.31. The van der Waals surface area contributed by atoms with E-state index in [0.717, 1.165) is 28.8 Å². The van der Waals surface area contributed by atoms with Gasteiger partial charge in [-0.15, -0.1) is 0 Å². The number of carbonyl (C=O) groups is 1. The number of amides is 1. The molecule has 5 atom stereocenters. The molecule has 0 unspecified atom stereocenters. The molecule has 2 fully saturated rings. The summed E-state index contributed by atoms with van der Waals surface area (Å²) in [5, 5.41) is 26.2. The molecule has 2 aliphatic heterocycles. The number of nitrogens with zero attached hydrogens (tertiary/aromatic N) is 3. The third-order valence-corrected chi connectivity index (χ3v) is 12.4. The summed E-state index contributed by atoms with van der Waals surface area (Å²) in [7, 11) is -4.31. The molecule has 0 spiro atoms. The van der Waals surface area contributed by atoms with E-state index < -0.39 is 51.0 Å². The molecule has 6 rings (SSSR count). The molecular weight excluding hydrogens is 749 g/mol. The number of fused-ring (bicyclic) bond motifs is 1. The molecule has 14 heteroatoms. The van der Waals surface area contributed by atoms with Gasteiger partial charge in [-0.25, -0.2) is 13.2 Å². The van der Waals surface area contributed by atoms with Crippen molar-refractivity contribution in [1.82, 2.24) is 14.5 Å². The van der Waals surface area contributed by atoms with Gasteiger partial charge < -0.3 is 24.6 Å². The molecule has 2 saturated heterocycles. The molecule has 57 heavy (non-hydrogen) atoms. The van der Waals surface area contributed by atoms with E-state index in [9.17, 15) is 28.4 Å². The summed E-state index contributed by atoms with van der Waals surface area (Å²) >= 11 is 0. The van der Waals surface area contributed by atoms with Crippen LogP contribution in [-0.2, 0) is 43.7 Å². The molecule has 2 N–H and O–H groups in total. The summed E-state index contributed by atoms with van der Waals surface area (Å²) in [5.74, 6) is -0.0888. The number of aliphatic hydroxyl groups excluding tert-OH is 1. The van der Waals surface area contributed by atoms with Crippen LogP contribution in [0.5, 0.6) is 0 Å². The number of rotatable bonds is 19. The second kappa shape index (κ2) is 19.2. The summed E-state index contributed by atoms with van der Waals surface area (Å²) in [5.41, 5.74) is 2.28. The molecule has 4 aromatic rings. The first-order valence-corrected chi connectivity index (χ1v) is 20.8. The van der Waals surface area contributed by atoms with Crippen molar-refractivity contribution in [2.24, 2.45) is 11.3 Å². The van der Waals surface area contributed by atoms with E-state index in [1.807, 2.05) is 80.6 Å². The number of alkyl carbamates (subject to hydrolysis) is 1. The van der Waals surface area contributed by atoms with Gasteiger partial charge in [-0.2, -0.15) is 4.31 Å². The predicted octanol–water partition coefficient (Wildman–Crippen LogP) is 6.16. The highest BCUT2D eigenvalue weighted by atomic mass is 32.2. The SMILES string of the molecule is CC(C)(CCN(Cc1ccccc1)Cc1ccccc1)CN(C[C@H](O)[C@H](Cc1ccccc1)NC(=O)O[C@H]1CO[C@H]2OCC[C@H]21)S(=O)(=O)c1ccc([N+](=O)[O-])cc1. The third kappa shape index (κ3) is 11.7. The first-order valence-electron chi connectivity index (χ1n) is 19.3. The molecule has 0 aliphatic carbocycles. The number of benzene rings is 4. The van der Waals surface area contributed by atoms with Crippen LogP contribution in [0.3, 0.4) is 0 Å². The number of sulfonamides is 1. The number of hydrogen-bond donors (Lipinski definition) is 2. The van der Waals surface area contributed by atoms with Crippen molar-refractivity contribution in [3.8, 4) is 0 Å². The molecule has 304 valence electrons. The normalized spacial score (nSPS) is 19.3. The van der Waals surface area contributed by atoms with E-state index in [1.165, 1.54) is 16.4 Å². The maximum absolute atomic E-state index is 14.5. The summed E-state index contributed by atoms with van der Waals surface area (Å²) in [4.78, 5) is 26.4. The van der Waals surface area contributed by atoms with Gasteiger partial charge in [0.15, 0.2) is 6.29 Å². The lowest BCUT2D eigenvalue weighted by molar-refractivity contribution is -0.384. The lowest BCUT2D eigenvalue weighted by Gasteiger charge is -2.36. The van der Waals surface area contributed by atoms with Crippen LogP contribution < -0.4 is 5.32 Å². The van der Waals surface area contributed by atoms with E-state index in [0.29, 0.717) is 39.1 Å². The second-order valence-corrected chi connectivity index (χ2v) is 17.6. The number of hydrogen-bond acceptors (Lipinski definition) is 10. The lowest BCUT2D eigenvalue weighted by Crippen LogP contribution is -2.52. The quantitative estimate of drug-likeness (QED) is 0.0830. The van der Waals surface area contributed by atoms with E-state index in [-0.39, 0.29) is 42.6 Å². The minimum absolute atomic E-state index is 0.0128. The summed E-state index contributed by atoms with van der Waals surface area (Å²) in [6.07, 6.45) is -1.58. The maximum atomic E-state index is 14.5. The van der Waals surface area contributed by atoms with Gasteiger partial charge in [0.05, 0.1) is 41.1 Å². The molecule has 0 bridgehead atoms. The summed E-state index contributed by atoms with van der Waals surface area (Å²) < 4.78 is 47.2. The molecule has 4 aromatic carbocycles. The van der Waals surface area contributed by atoms with Crippen LogP contribution in [0.25, 0.3) is 0 Å². The molecule has 0 aromatic heterocycles. The number of ether oxygens (including phenoxy) is 3. The zero-order chi connectivity index (χ0) is 40.4. The van der Waals surface area contributed by atoms with Crippen molar-refractivity contribution in [3.63, 3.8) is 0 Å². The van der Waals surface area contributed by atoms with E-state index in [2.05, 4.69) is 34.5 Å². The monoisotopic (exact) mass is 800 g/mol. The zero-order valence-electron chi connectivity index (χ0n) is 32.4. The molecular formula is C43H52N4O9S. The fraction of sp³-hybridized carbons (Fsp3) is 0.419. The smallest absolute Gasteiger partial charge is 0.407 e. The van der Waals surface area contributed by atoms with Crippen molar-refractivity contribution < 1.29 is 37.5 Å².